The maximum atomic E-state index is 12.4. The Balaban J connectivity index is 2.14. The van der Waals surface area contributed by atoms with Gasteiger partial charge in [-0.3, -0.25) is 4.79 Å². The summed E-state index contributed by atoms with van der Waals surface area (Å²) < 4.78 is 5.69. The highest BCUT2D eigenvalue weighted by molar-refractivity contribution is 7.08. The molecular formula is C15H23NO3S. The van der Waals surface area contributed by atoms with Crippen LogP contribution >= 0.6 is 11.3 Å². The zero-order valence-electron chi connectivity index (χ0n) is 12.5. The molecule has 1 fully saturated rings. The van der Waals surface area contributed by atoms with E-state index in [2.05, 4.69) is 5.32 Å². The van der Waals surface area contributed by atoms with Gasteiger partial charge < -0.3 is 15.2 Å². The van der Waals surface area contributed by atoms with Gasteiger partial charge in [0.25, 0.3) is 5.91 Å². The highest BCUT2D eigenvalue weighted by Crippen LogP contribution is 2.51. The Labute approximate surface area is 124 Å². The van der Waals surface area contributed by atoms with Crippen molar-refractivity contribution >= 4 is 17.2 Å². The van der Waals surface area contributed by atoms with E-state index in [4.69, 9.17) is 4.74 Å². The van der Waals surface area contributed by atoms with Crippen LogP contribution in [-0.4, -0.2) is 35.9 Å². The number of aliphatic hydroxyl groups is 1. The SMILES string of the molecule is CCO[C@H]1C[C@](CO)(NC(=O)c2cscc2C)C1(C)C. The fourth-order valence-electron chi connectivity index (χ4n) is 2.88. The molecule has 1 aliphatic carbocycles. The summed E-state index contributed by atoms with van der Waals surface area (Å²) in [6, 6.07) is 0. The van der Waals surface area contributed by atoms with Crippen molar-refractivity contribution in [3.63, 3.8) is 0 Å². The van der Waals surface area contributed by atoms with Crippen molar-refractivity contribution in [2.75, 3.05) is 13.2 Å². The number of amides is 1. The van der Waals surface area contributed by atoms with E-state index in [9.17, 15) is 9.90 Å². The molecule has 0 unspecified atom stereocenters. The first-order valence-electron chi connectivity index (χ1n) is 6.95. The Morgan fingerprint density at radius 2 is 2.25 bits per heavy atom. The quantitative estimate of drug-likeness (QED) is 0.877. The van der Waals surface area contributed by atoms with Crippen molar-refractivity contribution < 1.29 is 14.6 Å². The molecule has 2 N–H and O–H groups in total. The smallest absolute Gasteiger partial charge is 0.252 e. The summed E-state index contributed by atoms with van der Waals surface area (Å²) >= 11 is 1.51. The molecule has 0 saturated heterocycles. The Morgan fingerprint density at radius 3 is 2.70 bits per heavy atom. The average molecular weight is 297 g/mol. The molecule has 0 radical (unpaired) electrons. The first-order valence-corrected chi connectivity index (χ1v) is 7.90. The largest absolute Gasteiger partial charge is 0.394 e. The Morgan fingerprint density at radius 1 is 1.55 bits per heavy atom. The summed E-state index contributed by atoms with van der Waals surface area (Å²) in [4.78, 5) is 12.4. The second-order valence-corrected chi connectivity index (χ2v) is 6.78. The summed E-state index contributed by atoms with van der Waals surface area (Å²) in [6.07, 6.45) is 0.725. The molecule has 0 bridgehead atoms. The average Bonchev–Trinajstić information content (AvgIpc) is 2.83. The summed E-state index contributed by atoms with van der Waals surface area (Å²) in [5.41, 5.74) is 0.785. The van der Waals surface area contributed by atoms with Crippen LogP contribution < -0.4 is 5.32 Å². The normalized spacial score (nSPS) is 27.9. The van der Waals surface area contributed by atoms with E-state index in [1.54, 1.807) is 0 Å². The fraction of sp³-hybridized carbons (Fsp3) is 0.667. The number of hydrogen-bond acceptors (Lipinski definition) is 4. The molecule has 1 aromatic heterocycles. The first-order chi connectivity index (χ1) is 9.38. The summed E-state index contributed by atoms with van der Waals surface area (Å²) in [5, 5.41) is 16.6. The number of ether oxygens (including phenoxy) is 1. The fourth-order valence-corrected chi connectivity index (χ4v) is 3.71. The number of hydrogen-bond donors (Lipinski definition) is 2. The van der Waals surface area contributed by atoms with Gasteiger partial charge in [0.15, 0.2) is 0 Å². The molecule has 1 aliphatic rings. The number of nitrogens with one attached hydrogen (secondary N) is 1. The minimum absolute atomic E-state index is 0.0709. The lowest BCUT2D eigenvalue weighted by Gasteiger charge is -2.60. The summed E-state index contributed by atoms with van der Waals surface area (Å²) in [6.45, 7) is 8.53. The van der Waals surface area contributed by atoms with E-state index in [1.165, 1.54) is 11.3 Å². The maximum Gasteiger partial charge on any atom is 0.252 e. The highest BCUT2D eigenvalue weighted by atomic mass is 32.1. The van der Waals surface area contributed by atoms with Crippen LogP contribution in [0.25, 0.3) is 0 Å². The van der Waals surface area contributed by atoms with Gasteiger partial charge >= 0.3 is 0 Å². The number of rotatable bonds is 5. The van der Waals surface area contributed by atoms with Crippen molar-refractivity contribution in [3.05, 3.63) is 21.9 Å². The van der Waals surface area contributed by atoms with Gasteiger partial charge in [0.1, 0.15) is 0 Å². The van der Waals surface area contributed by atoms with Crippen molar-refractivity contribution in [1.29, 1.82) is 0 Å². The van der Waals surface area contributed by atoms with Gasteiger partial charge in [-0.1, -0.05) is 13.8 Å². The summed E-state index contributed by atoms with van der Waals surface area (Å²) in [5.74, 6) is -0.110. The van der Waals surface area contributed by atoms with Crippen LogP contribution in [0, 0.1) is 12.3 Å². The van der Waals surface area contributed by atoms with Crippen LogP contribution in [0.4, 0.5) is 0 Å². The van der Waals surface area contributed by atoms with Crippen LogP contribution in [0.5, 0.6) is 0 Å². The predicted molar refractivity (Wildman–Crippen MR) is 80.2 cm³/mol. The standard InChI is InChI=1S/C15H23NO3S/c1-5-19-12-6-15(9-17,14(12,3)4)16-13(18)11-8-20-7-10(11)2/h7-8,12,17H,5-6,9H2,1-4H3,(H,16,18)/t12-,15+/m0/s1. The lowest BCUT2D eigenvalue weighted by atomic mass is 9.54. The van der Waals surface area contributed by atoms with E-state index >= 15 is 0 Å². The van der Waals surface area contributed by atoms with Crippen LogP contribution in [0.1, 0.15) is 43.1 Å². The molecular weight excluding hydrogens is 274 g/mol. The van der Waals surface area contributed by atoms with E-state index in [0.717, 1.165) is 5.56 Å². The highest BCUT2D eigenvalue weighted by Gasteiger charge is 2.61. The van der Waals surface area contributed by atoms with Crippen molar-refractivity contribution in [1.82, 2.24) is 5.32 Å². The second-order valence-electron chi connectivity index (χ2n) is 6.03. The molecule has 1 amide bonds. The minimum atomic E-state index is -0.599. The van der Waals surface area contributed by atoms with Crippen molar-refractivity contribution in [3.8, 4) is 0 Å². The zero-order valence-corrected chi connectivity index (χ0v) is 13.3. The molecule has 5 heteroatoms. The van der Waals surface area contributed by atoms with Gasteiger partial charge in [0, 0.05) is 23.8 Å². The van der Waals surface area contributed by atoms with Crippen LogP contribution in [0.15, 0.2) is 10.8 Å². The van der Waals surface area contributed by atoms with Crippen LogP contribution in [0.2, 0.25) is 0 Å². The zero-order chi connectivity index (χ0) is 15.0. The van der Waals surface area contributed by atoms with E-state index in [-0.39, 0.29) is 24.0 Å². The minimum Gasteiger partial charge on any atom is -0.394 e. The lowest BCUT2D eigenvalue weighted by Crippen LogP contribution is -2.74. The molecule has 1 aromatic rings. The Bertz CT molecular complexity index is 497. The molecule has 20 heavy (non-hydrogen) atoms. The second kappa shape index (κ2) is 5.47. The van der Waals surface area contributed by atoms with Crippen molar-refractivity contribution in [2.45, 2.75) is 45.8 Å². The third-order valence-corrected chi connectivity index (χ3v) is 5.52. The van der Waals surface area contributed by atoms with Gasteiger partial charge in [-0.2, -0.15) is 11.3 Å². The monoisotopic (exact) mass is 297 g/mol. The maximum absolute atomic E-state index is 12.4. The molecule has 0 aliphatic heterocycles. The Hall–Kier alpha value is -0.910. The van der Waals surface area contributed by atoms with Crippen LogP contribution in [-0.2, 0) is 4.74 Å². The Kier molecular flexibility index (Phi) is 4.23. The first kappa shape index (κ1) is 15.5. The van der Waals surface area contributed by atoms with E-state index in [1.807, 2.05) is 38.5 Å². The number of carbonyl (C=O) groups excluding carboxylic acids is 1. The molecule has 0 spiro atoms. The van der Waals surface area contributed by atoms with Gasteiger partial charge in [-0.05, 0) is 24.8 Å². The molecule has 1 saturated carbocycles. The predicted octanol–water partition coefficient (Wildman–Crippen LogP) is 2.35. The number of thiophene rings is 1. The summed E-state index contributed by atoms with van der Waals surface area (Å²) in [7, 11) is 0. The number of aryl methyl sites for hydroxylation is 1. The third-order valence-electron chi connectivity index (χ3n) is 4.66. The van der Waals surface area contributed by atoms with Gasteiger partial charge in [0.2, 0.25) is 0 Å². The molecule has 2 atom stereocenters. The molecule has 4 nitrogen and oxygen atoms in total. The number of aliphatic hydroxyl groups excluding tert-OH is 1. The topological polar surface area (TPSA) is 58.6 Å². The molecule has 2 rings (SSSR count). The number of carbonyl (C=O) groups is 1. The molecule has 1 heterocycles. The lowest BCUT2D eigenvalue weighted by molar-refractivity contribution is -0.172. The van der Waals surface area contributed by atoms with Crippen LogP contribution in [0.3, 0.4) is 0 Å². The van der Waals surface area contributed by atoms with Gasteiger partial charge in [0.05, 0.1) is 23.8 Å². The van der Waals surface area contributed by atoms with E-state index < -0.39 is 5.54 Å². The van der Waals surface area contributed by atoms with Crippen molar-refractivity contribution in [2.24, 2.45) is 5.41 Å². The molecule has 112 valence electrons. The molecule has 0 aromatic carbocycles. The van der Waals surface area contributed by atoms with E-state index in [0.29, 0.717) is 18.6 Å². The third kappa shape index (κ3) is 2.28. The van der Waals surface area contributed by atoms with Gasteiger partial charge in [-0.15, -0.1) is 0 Å². The van der Waals surface area contributed by atoms with Gasteiger partial charge in [-0.25, -0.2) is 0 Å².